The van der Waals surface area contributed by atoms with Crippen LogP contribution in [0, 0.1) is 17.8 Å². The van der Waals surface area contributed by atoms with E-state index in [2.05, 4.69) is 10.6 Å². The lowest BCUT2D eigenvalue weighted by molar-refractivity contribution is -0.155. The minimum absolute atomic E-state index is 0.121. The molecule has 5 rings (SSSR count). The number of para-hydroxylation sites is 1. The summed E-state index contributed by atoms with van der Waals surface area (Å²) in [5, 5.41) is 5.77. The third-order valence-electron chi connectivity index (χ3n) is 6.93. The highest BCUT2D eigenvalue weighted by atomic mass is 16.5. The van der Waals surface area contributed by atoms with Gasteiger partial charge in [0.1, 0.15) is 12.3 Å². The van der Waals surface area contributed by atoms with Gasteiger partial charge in [-0.1, -0.05) is 12.1 Å². The van der Waals surface area contributed by atoms with Crippen molar-refractivity contribution in [2.45, 2.75) is 64.0 Å². The number of hydrogen-bond donors (Lipinski definition) is 2. The highest BCUT2D eigenvalue weighted by molar-refractivity contribution is 5.98. The average molecular weight is 429 g/mol. The molecule has 7 heteroatoms. The number of amides is 2. The molecule has 0 radical (unpaired) electrons. The molecule has 4 aliphatic carbocycles. The smallest absolute Gasteiger partial charge is 0.326 e. The monoisotopic (exact) mass is 428 g/mol. The summed E-state index contributed by atoms with van der Waals surface area (Å²) in [5.41, 5.74) is 0.230. The molecule has 0 aromatic heterocycles. The Hall–Kier alpha value is -2.57. The third kappa shape index (κ3) is 4.86. The first kappa shape index (κ1) is 21.7. The predicted molar refractivity (Wildman–Crippen MR) is 115 cm³/mol. The van der Waals surface area contributed by atoms with E-state index in [-0.39, 0.29) is 18.0 Å². The molecule has 7 nitrogen and oxygen atoms in total. The lowest BCUT2D eigenvalue weighted by Gasteiger charge is -2.57. The average Bonchev–Trinajstić information content (AvgIpc) is 2.71. The van der Waals surface area contributed by atoms with E-state index in [4.69, 9.17) is 9.47 Å². The molecule has 0 saturated heterocycles. The van der Waals surface area contributed by atoms with Crippen molar-refractivity contribution in [3.8, 4) is 5.75 Å². The van der Waals surface area contributed by atoms with Gasteiger partial charge < -0.3 is 20.1 Å². The molecule has 0 aliphatic heterocycles. The minimum Gasteiger partial charge on any atom is -0.493 e. The molecule has 0 heterocycles. The summed E-state index contributed by atoms with van der Waals surface area (Å²) in [6, 6.07) is 6.84. The van der Waals surface area contributed by atoms with Gasteiger partial charge in [-0.15, -0.1) is 0 Å². The van der Waals surface area contributed by atoms with Crippen molar-refractivity contribution in [3.63, 3.8) is 0 Å². The predicted octanol–water partition coefficient (Wildman–Crippen LogP) is 2.83. The van der Waals surface area contributed by atoms with Crippen LogP contribution >= 0.6 is 0 Å². The van der Waals surface area contributed by atoms with Crippen LogP contribution in [0.3, 0.4) is 0 Å². The summed E-state index contributed by atoms with van der Waals surface area (Å²) in [6.07, 6.45) is 6.12. The van der Waals surface area contributed by atoms with E-state index in [1.54, 1.807) is 31.2 Å². The van der Waals surface area contributed by atoms with Crippen molar-refractivity contribution in [1.29, 1.82) is 0 Å². The number of benzene rings is 1. The van der Waals surface area contributed by atoms with Crippen molar-refractivity contribution in [1.82, 2.24) is 10.6 Å². The summed E-state index contributed by atoms with van der Waals surface area (Å²) in [4.78, 5) is 37.4. The topological polar surface area (TPSA) is 93.7 Å². The van der Waals surface area contributed by atoms with Gasteiger partial charge in [0.15, 0.2) is 6.10 Å². The van der Waals surface area contributed by atoms with Gasteiger partial charge in [0.25, 0.3) is 11.8 Å². The molecule has 4 aliphatic rings. The highest BCUT2D eigenvalue weighted by Crippen LogP contribution is 2.55. The number of esters is 1. The van der Waals surface area contributed by atoms with Crippen LogP contribution in [0.2, 0.25) is 0 Å². The summed E-state index contributed by atoms with van der Waals surface area (Å²) in [6.45, 7) is 3.54. The maximum absolute atomic E-state index is 12.7. The van der Waals surface area contributed by atoms with Crippen LogP contribution in [0.5, 0.6) is 5.75 Å². The van der Waals surface area contributed by atoms with Gasteiger partial charge in [-0.25, -0.2) is 0 Å². The van der Waals surface area contributed by atoms with Crippen LogP contribution in [-0.2, 0) is 14.3 Å². The van der Waals surface area contributed by atoms with Crippen LogP contribution in [0.15, 0.2) is 24.3 Å². The minimum atomic E-state index is -0.895. The fourth-order valence-corrected chi connectivity index (χ4v) is 6.10. The van der Waals surface area contributed by atoms with Crippen LogP contribution in [0.4, 0.5) is 0 Å². The van der Waals surface area contributed by atoms with E-state index in [0.29, 0.717) is 17.9 Å². The largest absolute Gasteiger partial charge is 0.493 e. The number of carbonyl (C=O) groups is 3. The molecule has 31 heavy (non-hydrogen) atoms. The van der Waals surface area contributed by atoms with E-state index >= 15 is 0 Å². The van der Waals surface area contributed by atoms with Gasteiger partial charge in [-0.05, 0) is 82.3 Å². The molecule has 4 saturated carbocycles. The Morgan fingerprint density at radius 1 is 1.06 bits per heavy atom. The van der Waals surface area contributed by atoms with Gasteiger partial charge in [0.2, 0.25) is 0 Å². The van der Waals surface area contributed by atoms with Crippen molar-refractivity contribution >= 4 is 17.8 Å². The van der Waals surface area contributed by atoms with Gasteiger partial charge in [-0.3, -0.25) is 14.4 Å². The number of carbonyl (C=O) groups excluding carboxylic acids is 3. The fourth-order valence-electron chi connectivity index (χ4n) is 6.10. The molecule has 0 spiro atoms. The summed E-state index contributed by atoms with van der Waals surface area (Å²) in [5.74, 6) is 1.31. The van der Waals surface area contributed by atoms with E-state index in [9.17, 15) is 14.4 Å². The SMILES string of the molecule is CCOc1ccccc1C(=O)NCC(=O)O[C@H](C)C(=O)NC12CC3CC(CC(C3)C1)C2. The maximum atomic E-state index is 12.7. The molecule has 4 fully saturated rings. The van der Waals surface area contributed by atoms with Crippen LogP contribution < -0.4 is 15.4 Å². The van der Waals surface area contributed by atoms with Gasteiger partial charge in [0.05, 0.1) is 12.2 Å². The zero-order valence-corrected chi connectivity index (χ0v) is 18.3. The summed E-state index contributed by atoms with van der Waals surface area (Å²) >= 11 is 0. The van der Waals surface area contributed by atoms with Gasteiger partial charge in [-0.2, -0.15) is 0 Å². The summed E-state index contributed by atoms with van der Waals surface area (Å²) in [7, 11) is 0. The van der Waals surface area contributed by atoms with Crippen LogP contribution in [0.25, 0.3) is 0 Å². The quantitative estimate of drug-likeness (QED) is 0.621. The third-order valence-corrected chi connectivity index (χ3v) is 6.93. The number of rotatable bonds is 8. The van der Waals surface area contributed by atoms with Gasteiger partial charge in [0, 0.05) is 5.54 Å². The molecule has 4 bridgehead atoms. The normalized spacial score (nSPS) is 29.2. The first-order chi connectivity index (χ1) is 14.9. The van der Waals surface area contributed by atoms with Crippen LogP contribution in [-0.4, -0.2) is 42.6 Å². The fraction of sp³-hybridized carbons (Fsp3) is 0.625. The van der Waals surface area contributed by atoms with Crippen LogP contribution in [0.1, 0.15) is 62.7 Å². The Bertz CT molecular complexity index is 817. The van der Waals surface area contributed by atoms with Gasteiger partial charge >= 0.3 is 5.97 Å². The zero-order chi connectivity index (χ0) is 22.0. The number of hydrogen-bond acceptors (Lipinski definition) is 5. The van der Waals surface area contributed by atoms with E-state index in [1.807, 2.05) is 6.92 Å². The molecular weight excluding hydrogens is 396 g/mol. The second kappa shape index (κ2) is 8.89. The lowest BCUT2D eigenvalue weighted by Crippen LogP contribution is -2.61. The molecule has 168 valence electrons. The molecule has 2 N–H and O–H groups in total. The zero-order valence-electron chi connectivity index (χ0n) is 18.3. The van der Waals surface area contributed by atoms with Crippen molar-refractivity contribution < 1.29 is 23.9 Å². The van der Waals surface area contributed by atoms with E-state index in [1.165, 1.54) is 19.3 Å². The van der Waals surface area contributed by atoms with Crippen molar-refractivity contribution in [3.05, 3.63) is 29.8 Å². The maximum Gasteiger partial charge on any atom is 0.326 e. The Kier molecular flexibility index (Phi) is 6.21. The Balaban J connectivity index is 1.26. The first-order valence-corrected chi connectivity index (χ1v) is 11.4. The molecule has 2 amide bonds. The van der Waals surface area contributed by atoms with E-state index < -0.39 is 18.0 Å². The molecule has 1 atom stereocenters. The Morgan fingerprint density at radius 2 is 1.68 bits per heavy atom. The second-order valence-corrected chi connectivity index (χ2v) is 9.43. The van der Waals surface area contributed by atoms with Crippen molar-refractivity contribution in [2.24, 2.45) is 17.8 Å². The lowest BCUT2D eigenvalue weighted by atomic mass is 9.53. The standard InChI is InChI=1S/C24H32N2O5/c1-3-30-20-7-5-4-6-19(20)23(29)25-14-21(27)31-15(2)22(28)26-24-11-16-8-17(12-24)10-18(9-16)13-24/h4-7,15-18H,3,8-14H2,1-2H3,(H,25,29)(H,26,28)/t15-,16?,17?,18?,24?/m1/s1. The molecule has 1 aromatic rings. The second-order valence-electron chi connectivity index (χ2n) is 9.43. The molecular formula is C24H32N2O5. The molecule has 1 aromatic carbocycles. The highest BCUT2D eigenvalue weighted by Gasteiger charge is 2.51. The molecule has 0 unspecified atom stereocenters. The van der Waals surface area contributed by atoms with E-state index in [0.717, 1.165) is 37.0 Å². The number of ether oxygens (including phenoxy) is 2. The Labute approximate surface area is 183 Å². The number of nitrogens with one attached hydrogen (secondary N) is 2. The Morgan fingerprint density at radius 3 is 2.29 bits per heavy atom. The van der Waals surface area contributed by atoms with Crippen molar-refractivity contribution in [2.75, 3.05) is 13.2 Å². The summed E-state index contributed by atoms with van der Waals surface area (Å²) < 4.78 is 10.7. The first-order valence-electron chi connectivity index (χ1n) is 11.4.